The Morgan fingerprint density at radius 2 is 2.10 bits per heavy atom. The summed E-state index contributed by atoms with van der Waals surface area (Å²) in [5.74, 6) is 1.24. The lowest BCUT2D eigenvalue weighted by atomic mass is 10.1. The van der Waals surface area contributed by atoms with E-state index in [0.717, 1.165) is 25.9 Å². The van der Waals surface area contributed by atoms with E-state index in [9.17, 15) is 4.79 Å². The zero-order valence-corrected chi connectivity index (χ0v) is 11.9. The second-order valence-corrected chi connectivity index (χ2v) is 4.92. The van der Waals surface area contributed by atoms with E-state index >= 15 is 0 Å². The van der Waals surface area contributed by atoms with Crippen LogP contribution in [0, 0.1) is 0 Å². The molecular weight excluding hydrogens is 280 g/mol. The van der Waals surface area contributed by atoms with Crippen LogP contribution in [0.3, 0.4) is 0 Å². The summed E-state index contributed by atoms with van der Waals surface area (Å²) in [6.45, 7) is 2.13. The molecule has 110 valence electrons. The summed E-state index contributed by atoms with van der Waals surface area (Å²) in [7, 11) is 0. The van der Waals surface area contributed by atoms with Crippen LogP contribution in [0.2, 0.25) is 0 Å². The lowest BCUT2D eigenvalue weighted by molar-refractivity contribution is -0.131. The van der Waals surface area contributed by atoms with Gasteiger partial charge in [-0.25, -0.2) is 0 Å². The van der Waals surface area contributed by atoms with Gasteiger partial charge in [-0.2, -0.15) is 0 Å². The Labute approximate surface area is 124 Å². The smallest absolute Gasteiger partial charge is 0.264 e. The highest BCUT2D eigenvalue weighted by atomic mass is 35.5. The van der Waals surface area contributed by atoms with Gasteiger partial charge in [-0.3, -0.25) is 4.79 Å². The van der Waals surface area contributed by atoms with Crippen molar-refractivity contribution in [3.05, 3.63) is 24.3 Å². The highest BCUT2D eigenvalue weighted by Crippen LogP contribution is 2.30. The van der Waals surface area contributed by atoms with Gasteiger partial charge >= 0.3 is 0 Å². The van der Waals surface area contributed by atoms with Crippen molar-refractivity contribution in [1.29, 1.82) is 0 Å². The number of rotatable bonds is 2. The van der Waals surface area contributed by atoms with Crippen molar-refractivity contribution < 1.29 is 14.3 Å². The molecule has 1 saturated heterocycles. The number of amides is 1. The van der Waals surface area contributed by atoms with Crippen molar-refractivity contribution in [2.24, 2.45) is 0 Å². The molecule has 0 spiro atoms. The van der Waals surface area contributed by atoms with Crippen LogP contribution in [0.15, 0.2) is 24.3 Å². The van der Waals surface area contributed by atoms with Crippen molar-refractivity contribution in [2.75, 3.05) is 19.7 Å². The Hall–Kier alpha value is -1.46. The van der Waals surface area contributed by atoms with Crippen LogP contribution < -0.4 is 20.1 Å². The number of hydrogen-bond donors (Lipinski definition) is 2. The van der Waals surface area contributed by atoms with E-state index in [1.807, 2.05) is 24.3 Å². The predicted molar refractivity (Wildman–Crippen MR) is 77.6 cm³/mol. The number of ether oxygens (including phenoxy) is 2. The maximum atomic E-state index is 12.1. The number of para-hydroxylation sites is 2. The summed E-state index contributed by atoms with van der Waals surface area (Å²) in [6, 6.07) is 7.61. The zero-order chi connectivity index (χ0) is 13.1. The minimum absolute atomic E-state index is 0. The van der Waals surface area contributed by atoms with Crippen molar-refractivity contribution in [3.63, 3.8) is 0 Å². The third kappa shape index (κ3) is 3.35. The number of carbonyl (C=O) groups excluding carboxylic acids is 1. The van der Waals surface area contributed by atoms with Gasteiger partial charge in [0.15, 0.2) is 11.5 Å². The Morgan fingerprint density at radius 3 is 2.85 bits per heavy atom. The molecule has 2 N–H and O–H groups in total. The largest absolute Gasteiger partial charge is 0.485 e. The molecule has 0 aliphatic carbocycles. The molecule has 5 nitrogen and oxygen atoms in total. The van der Waals surface area contributed by atoms with Crippen molar-refractivity contribution in [1.82, 2.24) is 10.6 Å². The Balaban J connectivity index is 0.00000147. The van der Waals surface area contributed by atoms with E-state index in [1.54, 1.807) is 0 Å². The maximum absolute atomic E-state index is 12.1. The second kappa shape index (κ2) is 6.81. The minimum atomic E-state index is -0.558. The first-order chi connectivity index (χ1) is 9.33. The SMILES string of the molecule is Cl.O=C(NC1CCCNC1)C1COc2ccccc2O1. The van der Waals surface area contributed by atoms with Crippen molar-refractivity contribution >= 4 is 18.3 Å². The molecule has 1 aromatic carbocycles. The Kier molecular flexibility index (Phi) is 5.09. The first kappa shape index (κ1) is 14.9. The Bertz CT molecular complexity index is 463. The molecule has 20 heavy (non-hydrogen) atoms. The van der Waals surface area contributed by atoms with Crippen LogP contribution in [0.1, 0.15) is 12.8 Å². The van der Waals surface area contributed by atoms with Gasteiger partial charge in [0, 0.05) is 12.6 Å². The number of nitrogens with one attached hydrogen (secondary N) is 2. The molecule has 3 rings (SSSR count). The average Bonchev–Trinajstić information content (AvgIpc) is 2.48. The van der Waals surface area contributed by atoms with Gasteiger partial charge in [-0.15, -0.1) is 12.4 Å². The molecule has 2 atom stereocenters. The standard InChI is InChI=1S/C14H18N2O3.ClH/c17-14(16-10-4-3-7-15-8-10)13-9-18-11-5-1-2-6-12(11)19-13;/h1-2,5-6,10,13,15H,3-4,7-9H2,(H,16,17);1H. The third-order valence-electron chi connectivity index (χ3n) is 3.44. The summed E-state index contributed by atoms with van der Waals surface area (Å²) < 4.78 is 11.2. The van der Waals surface area contributed by atoms with Crippen LogP contribution in [0.4, 0.5) is 0 Å². The number of halogens is 1. The van der Waals surface area contributed by atoms with Gasteiger partial charge in [0.1, 0.15) is 6.61 Å². The van der Waals surface area contributed by atoms with E-state index in [-0.39, 0.29) is 31.0 Å². The molecule has 2 aliphatic rings. The van der Waals surface area contributed by atoms with Crippen LogP contribution in [-0.4, -0.2) is 37.7 Å². The van der Waals surface area contributed by atoms with Crippen molar-refractivity contribution in [2.45, 2.75) is 25.0 Å². The summed E-state index contributed by atoms with van der Waals surface area (Å²) in [5, 5.41) is 6.28. The number of carbonyl (C=O) groups is 1. The van der Waals surface area contributed by atoms with E-state index < -0.39 is 6.10 Å². The topological polar surface area (TPSA) is 59.6 Å². The second-order valence-electron chi connectivity index (χ2n) is 4.92. The fourth-order valence-corrected chi connectivity index (χ4v) is 2.42. The van der Waals surface area contributed by atoms with Gasteiger partial charge in [-0.1, -0.05) is 12.1 Å². The zero-order valence-electron chi connectivity index (χ0n) is 11.1. The number of fused-ring (bicyclic) bond motifs is 1. The molecule has 0 saturated carbocycles. The molecular formula is C14H19ClN2O3. The summed E-state index contributed by atoms with van der Waals surface area (Å²) in [4.78, 5) is 12.1. The van der Waals surface area contributed by atoms with E-state index in [2.05, 4.69) is 10.6 Å². The molecule has 2 unspecified atom stereocenters. The Morgan fingerprint density at radius 1 is 1.30 bits per heavy atom. The molecule has 6 heteroatoms. The van der Waals surface area contributed by atoms with E-state index in [1.165, 1.54) is 0 Å². The molecule has 1 fully saturated rings. The lowest BCUT2D eigenvalue weighted by Crippen LogP contribution is -2.51. The van der Waals surface area contributed by atoms with Gasteiger partial charge in [0.05, 0.1) is 0 Å². The molecule has 2 heterocycles. The molecule has 0 radical (unpaired) electrons. The van der Waals surface area contributed by atoms with Gasteiger partial charge in [0.2, 0.25) is 6.10 Å². The monoisotopic (exact) mass is 298 g/mol. The van der Waals surface area contributed by atoms with Crippen LogP contribution in [0.25, 0.3) is 0 Å². The number of benzene rings is 1. The lowest BCUT2D eigenvalue weighted by Gasteiger charge is -2.29. The van der Waals surface area contributed by atoms with E-state index in [4.69, 9.17) is 9.47 Å². The van der Waals surface area contributed by atoms with Crippen LogP contribution in [0.5, 0.6) is 11.5 Å². The number of hydrogen-bond acceptors (Lipinski definition) is 4. The summed E-state index contributed by atoms with van der Waals surface area (Å²) >= 11 is 0. The van der Waals surface area contributed by atoms with Crippen molar-refractivity contribution in [3.8, 4) is 11.5 Å². The highest BCUT2D eigenvalue weighted by Gasteiger charge is 2.28. The fourth-order valence-electron chi connectivity index (χ4n) is 2.42. The van der Waals surface area contributed by atoms with Crippen LogP contribution >= 0.6 is 12.4 Å². The van der Waals surface area contributed by atoms with Crippen LogP contribution in [-0.2, 0) is 4.79 Å². The normalized spacial score (nSPS) is 24.4. The molecule has 1 amide bonds. The first-order valence-corrected chi connectivity index (χ1v) is 6.72. The predicted octanol–water partition coefficient (Wildman–Crippen LogP) is 1.12. The molecule has 0 aromatic heterocycles. The fraction of sp³-hybridized carbons (Fsp3) is 0.500. The van der Waals surface area contributed by atoms with Gasteiger partial charge in [0.25, 0.3) is 5.91 Å². The molecule has 2 aliphatic heterocycles. The van der Waals surface area contributed by atoms with Gasteiger partial charge in [-0.05, 0) is 31.5 Å². The highest BCUT2D eigenvalue weighted by molar-refractivity contribution is 5.85. The first-order valence-electron chi connectivity index (χ1n) is 6.72. The van der Waals surface area contributed by atoms with Gasteiger partial charge < -0.3 is 20.1 Å². The molecule has 0 bridgehead atoms. The average molecular weight is 299 g/mol. The van der Waals surface area contributed by atoms with E-state index in [0.29, 0.717) is 11.5 Å². The summed E-state index contributed by atoms with van der Waals surface area (Å²) in [6.07, 6.45) is 1.55. The minimum Gasteiger partial charge on any atom is -0.485 e. The maximum Gasteiger partial charge on any atom is 0.264 e. The molecule has 1 aromatic rings. The quantitative estimate of drug-likeness (QED) is 0.859. The third-order valence-corrected chi connectivity index (χ3v) is 3.44. The summed E-state index contributed by atoms with van der Waals surface area (Å²) in [5.41, 5.74) is 0. The number of piperidine rings is 1.